The highest BCUT2D eigenvalue weighted by Crippen LogP contribution is 2.78. The molecule has 0 heteroatoms. The van der Waals surface area contributed by atoms with Crippen molar-refractivity contribution in [3.05, 3.63) is 12.2 Å². The molecule has 4 fully saturated rings. The van der Waals surface area contributed by atoms with Crippen LogP contribution in [0.15, 0.2) is 12.2 Å². The molecule has 15 heavy (non-hydrogen) atoms. The van der Waals surface area contributed by atoms with E-state index in [9.17, 15) is 0 Å². The molecule has 0 spiro atoms. The van der Waals surface area contributed by atoms with Gasteiger partial charge in [-0.15, -0.1) is 0 Å². The molecule has 0 N–H and O–H groups in total. The minimum Gasteiger partial charge on any atom is -0.0917 e. The Kier molecular flexibility index (Phi) is 1.59. The van der Waals surface area contributed by atoms with Crippen molar-refractivity contribution in [3.63, 3.8) is 0 Å². The van der Waals surface area contributed by atoms with Crippen molar-refractivity contribution in [2.24, 2.45) is 47.3 Å². The monoisotopic (exact) mass is 202 g/mol. The fourth-order valence-corrected chi connectivity index (χ4v) is 5.57. The summed E-state index contributed by atoms with van der Waals surface area (Å²) in [6.45, 7) is 4.72. The van der Waals surface area contributed by atoms with Crippen LogP contribution >= 0.6 is 0 Å². The van der Waals surface area contributed by atoms with Crippen LogP contribution in [-0.4, -0.2) is 0 Å². The van der Waals surface area contributed by atoms with E-state index < -0.39 is 0 Å². The Morgan fingerprint density at radius 2 is 1.80 bits per heavy atom. The van der Waals surface area contributed by atoms with Gasteiger partial charge in [0.1, 0.15) is 0 Å². The van der Waals surface area contributed by atoms with Crippen molar-refractivity contribution in [3.8, 4) is 0 Å². The Hall–Kier alpha value is -0.260. The van der Waals surface area contributed by atoms with Crippen LogP contribution in [0.2, 0.25) is 0 Å². The molecule has 0 radical (unpaired) electrons. The number of rotatable bonds is 2. The van der Waals surface area contributed by atoms with E-state index in [-0.39, 0.29) is 0 Å². The molecule has 0 aliphatic heterocycles. The van der Waals surface area contributed by atoms with Gasteiger partial charge in [-0.25, -0.2) is 0 Å². The number of allylic oxidation sites excluding steroid dienone is 2. The second kappa shape index (κ2) is 2.70. The van der Waals surface area contributed by atoms with Gasteiger partial charge in [-0.2, -0.15) is 0 Å². The predicted octanol–water partition coefficient (Wildman–Crippen LogP) is 3.74. The molecule has 4 rings (SSSR count). The van der Waals surface area contributed by atoms with Crippen LogP contribution in [-0.2, 0) is 0 Å². The van der Waals surface area contributed by atoms with Gasteiger partial charge in [0.05, 0.1) is 0 Å². The third kappa shape index (κ3) is 0.990. The molecule has 4 aliphatic rings. The molecule has 0 aromatic heterocycles. The number of hydrogen-bond donors (Lipinski definition) is 0. The molecule has 82 valence electrons. The summed E-state index contributed by atoms with van der Waals surface area (Å²) in [6.07, 6.45) is 9.25. The van der Waals surface area contributed by atoms with Crippen LogP contribution in [0.3, 0.4) is 0 Å². The van der Waals surface area contributed by atoms with Gasteiger partial charge < -0.3 is 0 Å². The lowest BCUT2D eigenvalue weighted by Crippen LogP contribution is -2.24. The summed E-state index contributed by atoms with van der Waals surface area (Å²) in [5.74, 6) is 9.20. The SMILES string of the molecule is CC=CCC1C(C)C2C3C4CC4CC1C23. The quantitative estimate of drug-likeness (QED) is 0.598. The summed E-state index contributed by atoms with van der Waals surface area (Å²) >= 11 is 0. The minimum absolute atomic E-state index is 1.04. The molecule has 0 saturated heterocycles. The fourth-order valence-electron chi connectivity index (χ4n) is 5.57. The second-order valence-electron chi connectivity index (χ2n) is 6.62. The lowest BCUT2D eigenvalue weighted by atomic mass is 9.74. The first-order valence-corrected chi connectivity index (χ1v) is 6.94. The van der Waals surface area contributed by atoms with E-state index in [0.29, 0.717) is 0 Å². The van der Waals surface area contributed by atoms with Gasteiger partial charge in [0.15, 0.2) is 0 Å². The zero-order chi connectivity index (χ0) is 10.2. The van der Waals surface area contributed by atoms with Gasteiger partial charge in [0, 0.05) is 0 Å². The van der Waals surface area contributed by atoms with E-state index >= 15 is 0 Å². The first-order chi connectivity index (χ1) is 7.33. The third-order valence-electron chi connectivity index (χ3n) is 6.21. The van der Waals surface area contributed by atoms with Crippen LogP contribution < -0.4 is 0 Å². The second-order valence-corrected chi connectivity index (χ2v) is 6.62. The lowest BCUT2D eigenvalue weighted by molar-refractivity contribution is 0.189. The van der Waals surface area contributed by atoms with Gasteiger partial charge in [-0.05, 0) is 73.5 Å². The molecular weight excluding hydrogens is 180 g/mol. The average Bonchev–Trinajstić information content (AvgIpc) is 3.07. The molecule has 0 amide bonds. The van der Waals surface area contributed by atoms with Crippen LogP contribution in [0.1, 0.15) is 33.1 Å². The first kappa shape index (κ1) is 8.84. The summed E-state index contributed by atoms with van der Waals surface area (Å²) in [6, 6.07) is 0. The highest BCUT2D eigenvalue weighted by molar-refractivity contribution is 5.21. The maximum Gasteiger partial charge on any atom is -0.0315 e. The van der Waals surface area contributed by atoms with Crippen molar-refractivity contribution in [1.82, 2.24) is 0 Å². The summed E-state index contributed by atoms with van der Waals surface area (Å²) in [7, 11) is 0. The predicted molar refractivity (Wildman–Crippen MR) is 62.3 cm³/mol. The Bertz CT molecular complexity index is 312. The van der Waals surface area contributed by atoms with E-state index in [1.807, 2.05) is 0 Å². The molecule has 8 atom stereocenters. The van der Waals surface area contributed by atoms with Gasteiger partial charge >= 0.3 is 0 Å². The number of fused-ring (bicyclic) bond motifs is 3. The molecule has 0 aromatic rings. The third-order valence-corrected chi connectivity index (χ3v) is 6.21. The van der Waals surface area contributed by atoms with Crippen LogP contribution in [0.5, 0.6) is 0 Å². The molecular formula is C15H22. The Morgan fingerprint density at radius 1 is 1.07 bits per heavy atom. The molecule has 0 aromatic carbocycles. The zero-order valence-electron chi connectivity index (χ0n) is 9.89. The van der Waals surface area contributed by atoms with Crippen molar-refractivity contribution >= 4 is 0 Å². The molecule has 0 nitrogen and oxygen atoms in total. The Labute approximate surface area is 93.1 Å². The maximum absolute atomic E-state index is 2.55. The smallest absolute Gasteiger partial charge is 0.0315 e. The summed E-state index contributed by atoms with van der Waals surface area (Å²) < 4.78 is 0. The lowest BCUT2D eigenvalue weighted by Gasteiger charge is -2.30. The Balaban J connectivity index is 1.58. The van der Waals surface area contributed by atoms with Crippen LogP contribution in [0.25, 0.3) is 0 Å². The Morgan fingerprint density at radius 3 is 2.60 bits per heavy atom. The first-order valence-electron chi connectivity index (χ1n) is 6.94. The van der Waals surface area contributed by atoms with Gasteiger partial charge in [-0.3, -0.25) is 0 Å². The number of hydrogen-bond acceptors (Lipinski definition) is 0. The largest absolute Gasteiger partial charge is 0.0917 e. The van der Waals surface area contributed by atoms with Crippen LogP contribution in [0.4, 0.5) is 0 Å². The summed E-state index contributed by atoms with van der Waals surface area (Å²) in [5, 5.41) is 0. The average molecular weight is 202 g/mol. The topological polar surface area (TPSA) is 0 Å². The van der Waals surface area contributed by atoms with E-state index in [1.165, 1.54) is 36.0 Å². The highest BCUT2D eigenvalue weighted by Gasteiger charge is 2.73. The molecule has 0 bridgehead atoms. The molecule has 8 unspecified atom stereocenters. The summed E-state index contributed by atoms with van der Waals surface area (Å²) in [4.78, 5) is 0. The van der Waals surface area contributed by atoms with Gasteiger partial charge in [0.25, 0.3) is 0 Å². The van der Waals surface area contributed by atoms with Crippen molar-refractivity contribution in [1.29, 1.82) is 0 Å². The fraction of sp³-hybridized carbons (Fsp3) is 0.867. The van der Waals surface area contributed by atoms with Crippen molar-refractivity contribution in [2.45, 2.75) is 33.1 Å². The van der Waals surface area contributed by atoms with Gasteiger partial charge in [0.2, 0.25) is 0 Å². The molecule has 4 aliphatic carbocycles. The maximum atomic E-state index is 2.55. The zero-order valence-corrected chi connectivity index (χ0v) is 9.89. The van der Waals surface area contributed by atoms with E-state index in [0.717, 1.165) is 17.8 Å². The van der Waals surface area contributed by atoms with Crippen molar-refractivity contribution in [2.75, 3.05) is 0 Å². The van der Waals surface area contributed by atoms with E-state index in [1.54, 1.807) is 12.8 Å². The van der Waals surface area contributed by atoms with Gasteiger partial charge in [-0.1, -0.05) is 19.1 Å². The van der Waals surface area contributed by atoms with E-state index in [2.05, 4.69) is 26.0 Å². The van der Waals surface area contributed by atoms with Crippen LogP contribution in [0, 0.1) is 47.3 Å². The molecule has 0 heterocycles. The summed E-state index contributed by atoms with van der Waals surface area (Å²) in [5.41, 5.74) is 0. The molecule has 4 saturated carbocycles. The van der Waals surface area contributed by atoms with Crippen molar-refractivity contribution < 1.29 is 0 Å². The highest BCUT2D eigenvalue weighted by atomic mass is 14.8. The minimum atomic E-state index is 1.04. The van der Waals surface area contributed by atoms with E-state index in [4.69, 9.17) is 0 Å². The normalized spacial score (nSPS) is 64.1. The standard InChI is InChI=1S/C15H22/c1-3-4-5-10-8(2)13-14-11-6-9(11)7-12(10)15(13)14/h3-4,8-15H,5-7H2,1-2H3.